The van der Waals surface area contributed by atoms with Crippen molar-refractivity contribution in [2.24, 2.45) is 0 Å². The zero-order chi connectivity index (χ0) is 15.4. The Hall–Kier alpha value is -1.88. The molecule has 0 saturated heterocycles. The molecule has 0 atom stereocenters. The number of hydrogen-bond acceptors (Lipinski definition) is 4. The van der Waals surface area contributed by atoms with Crippen LogP contribution in [0.1, 0.15) is 46.7 Å². The molecule has 0 spiro atoms. The summed E-state index contributed by atoms with van der Waals surface area (Å²) < 4.78 is 5.15. The Labute approximate surface area is 134 Å². The van der Waals surface area contributed by atoms with Crippen LogP contribution in [0.3, 0.4) is 0 Å². The molecule has 1 amide bonds. The molecule has 1 aromatic carbocycles. The first-order valence-electron chi connectivity index (χ1n) is 7.63. The lowest BCUT2D eigenvalue weighted by molar-refractivity contribution is 0.0933. The summed E-state index contributed by atoms with van der Waals surface area (Å²) in [7, 11) is 1.66. The lowest BCUT2D eigenvalue weighted by Crippen LogP contribution is -2.32. The lowest BCUT2D eigenvalue weighted by atomic mass is 10.1. The Kier molecular flexibility index (Phi) is 4.73. The van der Waals surface area contributed by atoms with E-state index in [2.05, 4.69) is 10.3 Å². The van der Waals surface area contributed by atoms with E-state index < -0.39 is 0 Å². The highest BCUT2D eigenvalue weighted by atomic mass is 32.1. The topological polar surface area (TPSA) is 51.2 Å². The molecule has 1 heterocycles. The van der Waals surface area contributed by atoms with E-state index in [0.29, 0.717) is 11.7 Å². The van der Waals surface area contributed by atoms with Crippen molar-refractivity contribution in [3.05, 3.63) is 45.9 Å². The molecule has 1 aliphatic carbocycles. The van der Waals surface area contributed by atoms with Crippen LogP contribution in [-0.4, -0.2) is 24.0 Å². The van der Waals surface area contributed by atoms with Crippen molar-refractivity contribution in [1.82, 2.24) is 10.3 Å². The molecule has 1 saturated carbocycles. The maximum absolute atomic E-state index is 12.2. The molecule has 0 aliphatic heterocycles. The predicted molar refractivity (Wildman–Crippen MR) is 87.6 cm³/mol. The van der Waals surface area contributed by atoms with E-state index in [1.165, 1.54) is 24.2 Å². The van der Waals surface area contributed by atoms with Gasteiger partial charge < -0.3 is 10.1 Å². The molecule has 22 heavy (non-hydrogen) atoms. The average Bonchev–Trinajstić information content (AvgIpc) is 3.20. The van der Waals surface area contributed by atoms with Crippen molar-refractivity contribution in [2.45, 2.75) is 38.1 Å². The molecule has 1 N–H and O–H groups in total. The number of thiazole rings is 1. The Balaban J connectivity index is 1.61. The van der Waals surface area contributed by atoms with Crippen LogP contribution in [-0.2, 0) is 6.42 Å². The number of carbonyl (C=O) groups excluding carboxylic acids is 1. The van der Waals surface area contributed by atoms with Gasteiger partial charge in [0.05, 0.1) is 12.1 Å². The van der Waals surface area contributed by atoms with Crippen molar-refractivity contribution >= 4 is 17.2 Å². The van der Waals surface area contributed by atoms with Gasteiger partial charge in [0.2, 0.25) is 0 Å². The van der Waals surface area contributed by atoms with Gasteiger partial charge in [-0.3, -0.25) is 4.79 Å². The van der Waals surface area contributed by atoms with Gasteiger partial charge in [-0.1, -0.05) is 25.0 Å². The SMILES string of the molecule is COc1ccc(Cc2nc(C(=O)NC3CCCC3)cs2)cc1. The van der Waals surface area contributed by atoms with Gasteiger partial charge in [-0.25, -0.2) is 4.98 Å². The summed E-state index contributed by atoms with van der Waals surface area (Å²) in [5.74, 6) is 0.809. The van der Waals surface area contributed by atoms with Crippen LogP contribution in [0.25, 0.3) is 0 Å². The van der Waals surface area contributed by atoms with Crippen LogP contribution in [0.5, 0.6) is 5.75 Å². The average molecular weight is 316 g/mol. The molecule has 5 heteroatoms. The van der Waals surface area contributed by atoms with E-state index in [9.17, 15) is 4.79 Å². The van der Waals surface area contributed by atoms with Gasteiger partial charge in [-0.2, -0.15) is 0 Å². The third-order valence-electron chi connectivity index (χ3n) is 3.99. The summed E-state index contributed by atoms with van der Waals surface area (Å²) in [6.45, 7) is 0. The Morgan fingerprint density at radius 1 is 1.32 bits per heavy atom. The quantitative estimate of drug-likeness (QED) is 0.919. The zero-order valence-corrected chi connectivity index (χ0v) is 13.5. The second-order valence-electron chi connectivity index (χ2n) is 5.61. The highest BCUT2D eigenvalue weighted by Gasteiger charge is 2.19. The standard InChI is InChI=1S/C17H20N2O2S/c1-21-14-8-6-12(7-9-14)10-16-19-15(11-22-16)17(20)18-13-4-2-3-5-13/h6-9,11,13H,2-5,10H2,1H3,(H,18,20). The Morgan fingerprint density at radius 2 is 2.05 bits per heavy atom. The molecule has 0 unspecified atom stereocenters. The first-order valence-corrected chi connectivity index (χ1v) is 8.51. The van der Waals surface area contributed by atoms with Crippen molar-refractivity contribution in [3.63, 3.8) is 0 Å². The molecular weight excluding hydrogens is 296 g/mol. The molecule has 0 bridgehead atoms. The second kappa shape index (κ2) is 6.92. The zero-order valence-electron chi connectivity index (χ0n) is 12.7. The van der Waals surface area contributed by atoms with Crippen molar-refractivity contribution in [3.8, 4) is 5.75 Å². The number of hydrogen-bond donors (Lipinski definition) is 1. The molecular formula is C17H20N2O2S. The van der Waals surface area contributed by atoms with Gasteiger partial charge in [0.15, 0.2) is 0 Å². The number of ether oxygens (including phenoxy) is 1. The molecule has 2 aromatic rings. The van der Waals surface area contributed by atoms with Crippen LogP contribution in [0, 0.1) is 0 Å². The molecule has 1 aromatic heterocycles. The fourth-order valence-electron chi connectivity index (χ4n) is 2.74. The number of aromatic nitrogens is 1. The third-order valence-corrected chi connectivity index (χ3v) is 4.84. The van der Waals surface area contributed by atoms with Crippen molar-refractivity contribution < 1.29 is 9.53 Å². The van der Waals surface area contributed by atoms with Gasteiger partial charge >= 0.3 is 0 Å². The first-order chi connectivity index (χ1) is 10.7. The summed E-state index contributed by atoms with van der Waals surface area (Å²) in [5.41, 5.74) is 1.71. The minimum atomic E-state index is -0.0378. The smallest absolute Gasteiger partial charge is 0.270 e. The van der Waals surface area contributed by atoms with E-state index in [1.54, 1.807) is 7.11 Å². The highest BCUT2D eigenvalue weighted by molar-refractivity contribution is 7.09. The molecule has 1 aliphatic rings. The van der Waals surface area contributed by atoms with Crippen molar-refractivity contribution in [2.75, 3.05) is 7.11 Å². The molecule has 116 valence electrons. The van der Waals surface area contributed by atoms with Crippen LogP contribution in [0.15, 0.2) is 29.6 Å². The van der Waals surface area contributed by atoms with Gasteiger partial charge in [-0.05, 0) is 30.5 Å². The summed E-state index contributed by atoms with van der Waals surface area (Å²) in [5, 5.41) is 5.89. The fraction of sp³-hybridized carbons (Fsp3) is 0.412. The number of benzene rings is 1. The second-order valence-corrected chi connectivity index (χ2v) is 6.55. The van der Waals surface area contributed by atoms with Crippen LogP contribution >= 0.6 is 11.3 Å². The maximum atomic E-state index is 12.2. The van der Waals surface area contributed by atoms with E-state index >= 15 is 0 Å². The van der Waals surface area contributed by atoms with Gasteiger partial charge in [0, 0.05) is 17.8 Å². The largest absolute Gasteiger partial charge is 0.497 e. The number of carbonyl (C=O) groups is 1. The van der Waals surface area contributed by atoms with E-state index in [4.69, 9.17) is 4.74 Å². The monoisotopic (exact) mass is 316 g/mol. The molecule has 0 radical (unpaired) electrons. The highest BCUT2D eigenvalue weighted by Crippen LogP contribution is 2.20. The number of nitrogens with zero attached hydrogens (tertiary/aromatic N) is 1. The lowest BCUT2D eigenvalue weighted by Gasteiger charge is -2.09. The number of rotatable bonds is 5. The summed E-state index contributed by atoms with van der Waals surface area (Å²) >= 11 is 1.54. The van der Waals surface area contributed by atoms with Crippen LogP contribution in [0.4, 0.5) is 0 Å². The summed E-state index contributed by atoms with van der Waals surface area (Å²) in [4.78, 5) is 16.6. The molecule has 3 rings (SSSR count). The molecule has 1 fully saturated rings. The van der Waals surface area contributed by atoms with Gasteiger partial charge in [-0.15, -0.1) is 11.3 Å². The normalized spacial score (nSPS) is 15.0. The Morgan fingerprint density at radius 3 is 2.73 bits per heavy atom. The predicted octanol–water partition coefficient (Wildman–Crippen LogP) is 3.41. The van der Waals surface area contributed by atoms with Crippen LogP contribution < -0.4 is 10.1 Å². The van der Waals surface area contributed by atoms with E-state index in [1.807, 2.05) is 29.6 Å². The first kappa shape index (κ1) is 15.0. The number of amides is 1. The molecule has 4 nitrogen and oxygen atoms in total. The third kappa shape index (κ3) is 3.65. The summed E-state index contributed by atoms with van der Waals surface area (Å²) in [6, 6.07) is 8.27. The number of nitrogens with one attached hydrogen (secondary N) is 1. The maximum Gasteiger partial charge on any atom is 0.270 e. The van der Waals surface area contributed by atoms with Gasteiger partial charge in [0.25, 0.3) is 5.91 Å². The van der Waals surface area contributed by atoms with E-state index in [-0.39, 0.29) is 5.91 Å². The minimum Gasteiger partial charge on any atom is -0.497 e. The summed E-state index contributed by atoms with van der Waals surface area (Å²) in [6.07, 6.45) is 5.35. The van der Waals surface area contributed by atoms with E-state index in [0.717, 1.165) is 35.6 Å². The van der Waals surface area contributed by atoms with Gasteiger partial charge in [0.1, 0.15) is 11.4 Å². The Bertz CT molecular complexity index is 630. The fourth-order valence-corrected chi connectivity index (χ4v) is 3.55. The minimum absolute atomic E-state index is 0.0378. The van der Waals surface area contributed by atoms with Crippen molar-refractivity contribution in [1.29, 1.82) is 0 Å². The number of methoxy groups -OCH3 is 1. The van der Waals surface area contributed by atoms with Crippen LogP contribution in [0.2, 0.25) is 0 Å².